The van der Waals surface area contributed by atoms with E-state index < -0.39 is 0 Å². The second kappa shape index (κ2) is 9.91. The van der Waals surface area contributed by atoms with E-state index in [0.29, 0.717) is 6.10 Å². The molecule has 3 aliphatic rings. The first kappa shape index (κ1) is 19.2. The van der Waals surface area contributed by atoms with Crippen molar-refractivity contribution in [3.8, 4) is 0 Å². The number of hydrogen-bond acceptors (Lipinski definition) is 4. The van der Waals surface area contributed by atoms with Gasteiger partial charge in [-0.2, -0.15) is 0 Å². The van der Waals surface area contributed by atoms with Crippen LogP contribution in [-0.4, -0.2) is 49.8 Å². The van der Waals surface area contributed by atoms with Gasteiger partial charge in [0.2, 0.25) is 0 Å². The SMILES string of the molecule is COC(=O)C1CCCN1CCOC1CCC(CC2CCCCC2)CC1. The van der Waals surface area contributed by atoms with Crippen LogP contribution >= 0.6 is 0 Å². The molecule has 4 heteroatoms. The maximum atomic E-state index is 11.8. The predicted molar refractivity (Wildman–Crippen MR) is 99.5 cm³/mol. The van der Waals surface area contributed by atoms with Gasteiger partial charge in [0, 0.05) is 6.54 Å². The van der Waals surface area contributed by atoms with E-state index >= 15 is 0 Å². The molecule has 1 atom stereocenters. The molecule has 3 rings (SSSR count). The molecule has 1 aliphatic heterocycles. The third-order valence-corrected chi connectivity index (χ3v) is 6.75. The van der Waals surface area contributed by atoms with Gasteiger partial charge in [-0.25, -0.2) is 0 Å². The summed E-state index contributed by atoms with van der Waals surface area (Å²) in [6, 6.07) is -0.0418. The van der Waals surface area contributed by atoms with E-state index in [4.69, 9.17) is 9.47 Å². The second-order valence-electron chi connectivity index (χ2n) is 8.47. The van der Waals surface area contributed by atoms with Crippen molar-refractivity contribution in [3.63, 3.8) is 0 Å². The maximum Gasteiger partial charge on any atom is 0.323 e. The summed E-state index contributed by atoms with van der Waals surface area (Å²) < 4.78 is 11.1. The molecule has 4 nitrogen and oxygen atoms in total. The largest absolute Gasteiger partial charge is 0.468 e. The molecule has 1 saturated heterocycles. The monoisotopic (exact) mass is 351 g/mol. The molecule has 2 aliphatic carbocycles. The first-order valence-electron chi connectivity index (χ1n) is 10.7. The molecule has 0 spiro atoms. The van der Waals surface area contributed by atoms with Crippen molar-refractivity contribution in [2.45, 2.75) is 89.2 Å². The fourth-order valence-corrected chi connectivity index (χ4v) is 5.26. The van der Waals surface area contributed by atoms with Gasteiger partial charge in [0.05, 0.1) is 19.8 Å². The number of esters is 1. The average molecular weight is 352 g/mol. The normalized spacial score (nSPS) is 32.0. The Labute approximate surface area is 153 Å². The zero-order valence-electron chi connectivity index (χ0n) is 16.1. The molecule has 1 heterocycles. The van der Waals surface area contributed by atoms with Crippen LogP contribution in [0.2, 0.25) is 0 Å². The molecule has 144 valence electrons. The second-order valence-corrected chi connectivity index (χ2v) is 8.47. The minimum Gasteiger partial charge on any atom is -0.468 e. The van der Waals surface area contributed by atoms with Crippen LogP contribution < -0.4 is 0 Å². The summed E-state index contributed by atoms with van der Waals surface area (Å²) in [6.07, 6.45) is 16.5. The Bertz CT molecular complexity index is 400. The Morgan fingerprint density at radius 3 is 2.36 bits per heavy atom. The van der Waals surface area contributed by atoms with Crippen molar-refractivity contribution in [3.05, 3.63) is 0 Å². The molecule has 0 N–H and O–H groups in total. The van der Waals surface area contributed by atoms with Gasteiger partial charge in [-0.3, -0.25) is 9.69 Å². The molecule has 2 saturated carbocycles. The number of hydrogen-bond donors (Lipinski definition) is 0. The number of rotatable bonds is 7. The Morgan fingerprint density at radius 1 is 0.920 bits per heavy atom. The van der Waals surface area contributed by atoms with Gasteiger partial charge in [-0.15, -0.1) is 0 Å². The minimum absolute atomic E-state index is 0.0418. The van der Waals surface area contributed by atoms with E-state index in [9.17, 15) is 4.79 Å². The van der Waals surface area contributed by atoms with Crippen molar-refractivity contribution < 1.29 is 14.3 Å². The minimum atomic E-state index is -0.0827. The lowest BCUT2D eigenvalue weighted by Gasteiger charge is -2.32. The first-order chi connectivity index (χ1) is 12.3. The molecular formula is C21H37NO3. The van der Waals surface area contributed by atoms with E-state index in [2.05, 4.69) is 4.90 Å². The number of methoxy groups -OCH3 is 1. The van der Waals surface area contributed by atoms with E-state index in [0.717, 1.165) is 44.4 Å². The number of carbonyl (C=O) groups is 1. The van der Waals surface area contributed by atoms with Gasteiger partial charge in [0.1, 0.15) is 6.04 Å². The summed E-state index contributed by atoms with van der Waals surface area (Å²) in [6.45, 7) is 2.62. The van der Waals surface area contributed by atoms with Gasteiger partial charge >= 0.3 is 5.97 Å². The zero-order chi connectivity index (χ0) is 17.5. The molecule has 0 aromatic rings. The first-order valence-corrected chi connectivity index (χ1v) is 10.7. The molecule has 0 radical (unpaired) electrons. The van der Waals surface area contributed by atoms with Crippen LogP contribution in [-0.2, 0) is 14.3 Å². The fourth-order valence-electron chi connectivity index (χ4n) is 5.26. The Morgan fingerprint density at radius 2 is 1.64 bits per heavy atom. The maximum absolute atomic E-state index is 11.8. The summed E-state index contributed by atoms with van der Waals surface area (Å²) in [5, 5.41) is 0. The summed E-state index contributed by atoms with van der Waals surface area (Å²) in [5.41, 5.74) is 0. The molecule has 0 aromatic carbocycles. The van der Waals surface area contributed by atoms with E-state index in [1.807, 2.05) is 0 Å². The van der Waals surface area contributed by atoms with Crippen LogP contribution in [0.15, 0.2) is 0 Å². The van der Waals surface area contributed by atoms with Crippen LogP contribution in [0.1, 0.15) is 77.0 Å². The zero-order valence-corrected chi connectivity index (χ0v) is 16.1. The van der Waals surface area contributed by atoms with Crippen LogP contribution in [0.5, 0.6) is 0 Å². The smallest absolute Gasteiger partial charge is 0.323 e. The standard InChI is InChI=1S/C21H37NO3/c1-24-21(23)20-8-5-13-22(20)14-15-25-19-11-9-18(10-12-19)16-17-6-3-2-4-7-17/h17-20H,2-16H2,1H3. The number of nitrogens with zero attached hydrogens (tertiary/aromatic N) is 1. The molecular weight excluding hydrogens is 314 g/mol. The summed E-state index contributed by atoms with van der Waals surface area (Å²) >= 11 is 0. The lowest BCUT2D eigenvalue weighted by atomic mass is 9.77. The van der Waals surface area contributed by atoms with Crippen molar-refractivity contribution in [1.29, 1.82) is 0 Å². The highest BCUT2D eigenvalue weighted by atomic mass is 16.5. The molecule has 0 aromatic heterocycles. The molecule has 0 amide bonds. The van der Waals surface area contributed by atoms with Gasteiger partial charge in [-0.1, -0.05) is 32.1 Å². The van der Waals surface area contributed by atoms with Gasteiger partial charge in [-0.05, 0) is 63.3 Å². The van der Waals surface area contributed by atoms with Crippen LogP contribution in [0, 0.1) is 11.8 Å². The van der Waals surface area contributed by atoms with Gasteiger partial charge in [0.25, 0.3) is 0 Å². The Balaban J connectivity index is 1.29. The lowest BCUT2D eigenvalue weighted by Crippen LogP contribution is -2.39. The van der Waals surface area contributed by atoms with Gasteiger partial charge in [0.15, 0.2) is 0 Å². The third kappa shape index (κ3) is 5.68. The number of ether oxygens (including phenoxy) is 2. The molecule has 3 fully saturated rings. The summed E-state index contributed by atoms with van der Waals surface area (Å²) in [4.78, 5) is 14.0. The van der Waals surface area contributed by atoms with E-state index in [1.54, 1.807) is 0 Å². The summed E-state index contributed by atoms with van der Waals surface area (Å²) in [7, 11) is 1.49. The van der Waals surface area contributed by atoms with Crippen molar-refractivity contribution in [2.75, 3.05) is 26.8 Å². The van der Waals surface area contributed by atoms with Crippen molar-refractivity contribution in [2.24, 2.45) is 11.8 Å². The molecule has 0 bridgehead atoms. The highest BCUT2D eigenvalue weighted by Gasteiger charge is 2.31. The third-order valence-electron chi connectivity index (χ3n) is 6.75. The predicted octanol–water partition coefficient (Wildman–Crippen LogP) is 4.17. The average Bonchev–Trinajstić information content (AvgIpc) is 3.12. The number of likely N-dealkylation sites (tertiary alicyclic amines) is 1. The fraction of sp³-hybridized carbons (Fsp3) is 0.952. The van der Waals surface area contributed by atoms with Crippen LogP contribution in [0.25, 0.3) is 0 Å². The van der Waals surface area contributed by atoms with Crippen LogP contribution in [0.3, 0.4) is 0 Å². The Kier molecular flexibility index (Phi) is 7.60. The van der Waals surface area contributed by atoms with Gasteiger partial charge < -0.3 is 9.47 Å². The quantitative estimate of drug-likeness (QED) is 0.645. The Hall–Kier alpha value is -0.610. The highest BCUT2D eigenvalue weighted by molar-refractivity contribution is 5.75. The van der Waals surface area contributed by atoms with Crippen molar-refractivity contribution in [1.82, 2.24) is 4.90 Å². The van der Waals surface area contributed by atoms with Crippen LogP contribution in [0.4, 0.5) is 0 Å². The summed E-state index contributed by atoms with van der Waals surface area (Å²) in [5.74, 6) is 1.88. The topological polar surface area (TPSA) is 38.8 Å². The number of carbonyl (C=O) groups excluding carboxylic acids is 1. The molecule has 25 heavy (non-hydrogen) atoms. The van der Waals surface area contributed by atoms with E-state index in [-0.39, 0.29) is 12.0 Å². The lowest BCUT2D eigenvalue weighted by molar-refractivity contribution is -0.146. The highest BCUT2D eigenvalue weighted by Crippen LogP contribution is 2.35. The van der Waals surface area contributed by atoms with E-state index in [1.165, 1.54) is 71.3 Å². The molecule has 1 unspecified atom stereocenters. The van der Waals surface area contributed by atoms with Crippen molar-refractivity contribution >= 4 is 5.97 Å².